The van der Waals surface area contributed by atoms with Gasteiger partial charge in [0.2, 0.25) is 0 Å². The molecule has 94 valence electrons. The summed E-state index contributed by atoms with van der Waals surface area (Å²) in [6.07, 6.45) is 2.20. The molecule has 0 saturated carbocycles. The van der Waals surface area contributed by atoms with Crippen LogP contribution < -0.4 is 15.2 Å². The standard InChI is InChI=1S/C13H19NO3/c1-15-10-6-9(7-11(8-10)16-2)13(14)12-4-3-5-17-12/h6-8,12-13H,3-5,14H2,1-2H3. The molecule has 1 aliphatic rings. The largest absolute Gasteiger partial charge is 0.497 e. The maximum absolute atomic E-state index is 6.21. The Hall–Kier alpha value is -1.26. The van der Waals surface area contributed by atoms with Gasteiger partial charge in [-0.25, -0.2) is 0 Å². The van der Waals surface area contributed by atoms with Crippen LogP contribution in [0.1, 0.15) is 24.4 Å². The van der Waals surface area contributed by atoms with Gasteiger partial charge in [0.15, 0.2) is 0 Å². The smallest absolute Gasteiger partial charge is 0.122 e. The van der Waals surface area contributed by atoms with Gasteiger partial charge in [-0.05, 0) is 30.5 Å². The number of methoxy groups -OCH3 is 2. The van der Waals surface area contributed by atoms with Crippen LogP contribution in [-0.4, -0.2) is 26.9 Å². The number of hydrogen-bond acceptors (Lipinski definition) is 4. The van der Waals surface area contributed by atoms with Gasteiger partial charge in [-0.1, -0.05) is 0 Å². The highest BCUT2D eigenvalue weighted by atomic mass is 16.5. The monoisotopic (exact) mass is 237 g/mol. The quantitative estimate of drug-likeness (QED) is 0.868. The molecule has 1 aromatic carbocycles. The van der Waals surface area contributed by atoms with Gasteiger partial charge in [-0.3, -0.25) is 0 Å². The van der Waals surface area contributed by atoms with E-state index in [0.29, 0.717) is 0 Å². The fraction of sp³-hybridized carbons (Fsp3) is 0.538. The van der Waals surface area contributed by atoms with Crippen molar-refractivity contribution in [1.82, 2.24) is 0 Å². The lowest BCUT2D eigenvalue weighted by molar-refractivity contribution is 0.0899. The molecule has 1 fully saturated rings. The average molecular weight is 237 g/mol. The first-order valence-corrected chi connectivity index (χ1v) is 5.84. The van der Waals surface area contributed by atoms with Crippen molar-refractivity contribution < 1.29 is 14.2 Å². The van der Waals surface area contributed by atoms with Gasteiger partial charge < -0.3 is 19.9 Å². The van der Waals surface area contributed by atoms with Gasteiger partial charge in [0, 0.05) is 12.7 Å². The van der Waals surface area contributed by atoms with E-state index in [-0.39, 0.29) is 12.1 Å². The first-order chi connectivity index (χ1) is 8.24. The lowest BCUT2D eigenvalue weighted by Gasteiger charge is -2.20. The summed E-state index contributed by atoms with van der Waals surface area (Å²) in [5.41, 5.74) is 7.20. The molecule has 0 bridgehead atoms. The normalized spacial score (nSPS) is 21.2. The Morgan fingerprint density at radius 1 is 1.24 bits per heavy atom. The molecule has 17 heavy (non-hydrogen) atoms. The highest BCUT2D eigenvalue weighted by Gasteiger charge is 2.24. The summed E-state index contributed by atoms with van der Waals surface area (Å²) in [5, 5.41) is 0. The lowest BCUT2D eigenvalue weighted by Crippen LogP contribution is -2.25. The van der Waals surface area contributed by atoms with Crippen molar-refractivity contribution in [3.8, 4) is 11.5 Å². The van der Waals surface area contributed by atoms with Crippen LogP contribution in [0.3, 0.4) is 0 Å². The Bertz CT molecular complexity index is 353. The molecule has 2 atom stereocenters. The predicted molar refractivity (Wildman–Crippen MR) is 65.4 cm³/mol. The van der Waals surface area contributed by atoms with Crippen LogP contribution in [0.2, 0.25) is 0 Å². The molecule has 1 aromatic rings. The number of hydrogen-bond donors (Lipinski definition) is 1. The minimum absolute atomic E-state index is 0.104. The van der Waals surface area contributed by atoms with E-state index in [1.165, 1.54) is 0 Å². The van der Waals surface area contributed by atoms with Gasteiger partial charge in [0.25, 0.3) is 0 Å². The van der Waals surface area contributed by atoms with Crippen molar-refractivity contribution in [2.75, 3.05) is 20.8 Å². The topological polar surface area (TPSA) is 53.7 Å². The van der Waals surface area contributed by atoms with Crippen LogP contribution in [0.5, 0.6) is 11.5 Å². The summed E-state index contributed by atoms with van der Waals surface area (Å²) in [4.78, 5) is 0. The number of ether oxygens (including phenoxy) is 3. The molecule has 0 spiro atoms. The van der Waals surface area contributed by atoms with Crippen molar-refractivity contribution in [2.45, 2.75) is 25.0 Å². The number of benzene rings is 1. The molecule has 1 aliphatic heterocycles. The van der Waals surface area contributed by atoms with Crippen LogP contribution in [0, 0.1) is 0 Å². The minimum Gasteiger partial charge on any atom is -0.497 e. The van der Waals surface area contributed by atoms with Crippen LogP contribution in [0.4, 0.5) is 0 Å². The van der Waals surface area contributed by atoms with E-state index < -0.39 is 0 Å². The van der Waals surface area contributed by atoms with Crippen LogP contribution in [-0.2, 0) is 4.74 Å². The molecule has 4 nitrogen and oxygen atoms in total. The second-order valence-corrected chi connectivity index (χ2v) is 4.22. The van der Waals surface area contributed by atoms with Crippen molar-refractivity contribution in [1.29, 1.82) is 0 Å². The highest BCUT2D eigenvalue weighted by Crippen LogP contribution is 2.30. The first-order valence-electron chi connectivity index (χ1n) is 5.84. The molecule has 2 N–H and O–H groups in total. The zero-order chi connectivity index (χ0) is 12.3. The van der Waals surface area contributed by atoms with E-state index in [1.54, 1.807) is 14.2 Å². The minimum atomic E-state index is -0.124. The van der Waals surface area contributed by atoms with Crippen LogP contribution in [0.25, 0.3) is 0 Å². The Morgan fingerprint density at radius 2 is 1.88 bits per heavy atom. The van der Waals surface area contributed by atoms with Gasteiger partial charge in [0.1, 0.15) is 11.5 Å². The Morgan fingerprint density at radius 3 is 2.35 bits per heavy atom. The fourth-order valence-corrected chi connectivity index (χ4v) is 2.12. The summed E-state index contributed by atoms with van der Waals surface area (Å²) in [5.74, 6) is 1.51. The van der Waals surface area contributed by atoms with Gasteiger partial charge in [0.05, 0.1) is 26.4 Å². The van der Waals surface area contributed by atoms with E-state index in [2.05, 4.69) is 0 Å². The van der Waals surface area contributed by atoms with Crippen LogP contribution in [0.15, 0.2) is 18.2 Å². The highest BCUT2D eigenvalue weighted by molar-refractivity contribution is 5.40. The molecule has 4 heteroatoms. The molecule has 0 amide bonds. The zero-order valence-corrected chi connectivity index (χ0v) is 10.3. The second-order valence-electron chi connectivity index (χ2n) is 4.22. The Kier molecular flexibility index (Phi) is 3.86. The third kappa shape index (κ3) is 2.70. The second kappa shape index (κ2) is 5.38. The van der Waals surface area contributed by atoms with Crippen molar-refractivity contribution in [2.24, 2.45) is 5.73 Å². The molecule has 2 unspecified atom stereocenters. The molecular formula is C13H19NO3. The van der Waals surface area contributed by atoms with Crippen LogP contribution >= 0.6 is 0 Å². The zero-order valence-electron chi connectivity index (χ0n) is 10.3. The summed E-state index contributed by atoms with van der Waals surface area (Å²) in [7, 11) is 3.27. The molecule has 1 heterocycles. The lowest BCUT2D eigenvalue weighted by atomic mass is 10.00. The van der Waals surface area contributed by atoms with E-state index >= 15 is 0 Å². The van der Waals surface area contributed by atoms with E-state index in [9.17, 15) is 0 Å². The molecule has 0 aliphatic carbocycles. The van der Waals surface area contributed by atoms with Crippen molar-refractivity contribution in [3.05, 3.63) is 23.8 Å². The molecule has 2 rings (SSSR count). The third-order valence-corrected chi connectivity index (χ3v) is 3.12. The predicted octanol–water partition coefficient (Wildman–Crippen LogP) is 1.88. The molecular weight excluding hydrogens is 218 g/mol. The SMILES string of the molecule is COc1cc(OC)cc(C(N)C2CCCO2)c1. The van der Waals surface area contributed by atoms with E-state index in [4.69, 9.17) is 19.9 Å². The molecule has 0 aromatic heterocycles. The number of nitrogens with two attached hydrogens (primary N) is 1. The Labute approximate surface area is 102 Å². The van der Waals surface area contributed by atoms with Crippen molar-refractivity contribution >= 4 is 0 Å². The van der Waals surface area contributed by atoms with Crippen molar-refractivity contribution in [3.63, 3.8) is 0 Å². The summed E-state index contributed by atoms with van der Waals surface area (Å²) < 4.78 is 16.1. The molecule has 1 saturated heterocycles. The van der Waals surface area contributed by atoms with Gasteiger partial charge >= 0.3 is 0 Å². The van der Waals surface area contributed by atoms with Gasteiger partial charge in [-0.15, -0.1) is 0 Å². The first kappa shape index (κ1) is 12.2. The van der Waals surface area contributed by atoms with E-state index in [1.807, 2.05) is 18.2 Å². The summed E-state index contributed by atoms with van der Waals surface area (Å²) in [6, 6.07) is 5.59. The van der Waals surface area contributed by atoms with E-state index in [0.717, 1.165) is 36.5 Å². The summed E-state index contributed by atoms with van der Waals surface area (Å²) >= 11 is 0. The fourth-order valence-electron chi connectivity index (χ4n) is 2.12. The maximum Gasteiger partial charge on any atom is 0.122 e. The summed E-state index contributed by atoms with van der Waals surface area (Å²) in [6.45, 7) is 0.805. The molecule has 0 radical (unpaired) electrons. The maximum atomic E-state index is 6.21. The Balaban J connectivity index is 2.23. The van der Waals surface area contributed by atoms with Gasteiger partial charge in [-0.2, -0.15) is 0 Å². The average Bonchev–Trinajstić information content (AvgIpc) is 2.91. The third-order valence-electron chi connectivity index (χ3n) is 3.12. The number of rotatable bonds is 4.